The molecule has 0 fully saturated rings. The Hall–Kier alpha value is -0.900. The first-order chi connectivity index (χ1) is 5.36. The summed E-state index contributed by atoms with van der Waals surface area (Å²) in [7, 11) is 0. The van der Waals surface area contributed by atoms with Gasteiger partial charge in [-0.25, -0.2) is 5.48 Å². The Labute approximate surface area is 65.8 Å². The molecule has 0 spiro atoms. The second-order valence-corrected chi connectivity index (χ2v) is 2.36. The molecule has 3 nitrogen and oxygen atoms in total. The van der Waals surface area contributed by atoms with Gasteiger partial charge in [-0.1, -0.05) is 24.3 Å². The van der Waals surface area contributed by atoms with Crippen molar-refractivity contribution in [2.75, 3.05) is 0 Å². The van der Waals surface area contributed by atoms with Crippen molar-refractivity contribution < 1.29 is 5.21 Å². The van der Waals surface area contributed by atoms with Crippen LogP contribution in [0.4, 0.5) is 0 Å². The number of benzene rings is 1. The zero-order chi connectivity index (χ0) is 8.10. The van der Waals surface area contributed by atoms with Crippen molar-refractivity contribution in [2.24, 2.45) is 5.73 Å². The van der Waals surface area contributed by atoms with Gasteiger partial charge in [0.05, 0.1) is 0 Å². The Kier molecular flexibility index (Phi) is 3.04. The number of nitrogens with two attached hydrogens (primary N) is 1. The van der Waals surface area contributed by atoms with E-state index in [0.717, 1.165) is 11.1 Å². The first-order valence-electron chi connectivity index (χ1n) is 3.51. The van der Waals surface area contributed by atoms with Crippen LogP contribution in [0.25, 0.3) is 0 Å². The van der Waals surface area contributed by atoms with E-state index in [2.05, 4.69) is 5.48 Å². The minimum absolute atomic E-state index is 0.477. The van der Waals surface area contributed by atoms with Gasteiger partial charge in [0.15, 0.2) is 0 Å². The van der Waals surface area contributed by atoms with Crippen molar-refractivity contribution in [2.45, 2.75) is 13.1 Å². The minimum Gasteiger partial charge on any atom is -0.326 e. The summed E-state index contributed by atoms with van der Waals surface area (Å²) < 4.78 is 0. The number of hydroxylamine groups is 1. The first kappa shape index (κ1) is 8.20. The maximum atomic E-state index is 8.37. The van der Waals surface area contributed by atoms with Crippen LogP contribution in [0.5, 0.6) is 0 Å². The maximum absolute atomic E-state index is 8.37. The third-order valence-electron chi connectivity index (χ3n) is 1.54. The third-order valence-corrected chi connectivity index (χ3v) is 1.54. The van der Waals surface area contributed by atoms with Gasteiger partial charge >= 0.3 is 0 Å². The highest BCUT2D eigenvalue weighted by Crippen LogP contribution is 2.02. The highest BCUT2D eigenvalue weighted by atomic mass is 16.5. The lowest BCUT2D eigenvalue weighted by molar-refractivity contribution is 0.161. The van der Waals surface area contributed by atoms with Gasteiger partial charge in [0, 0.05) is 13.1 Å². The van der Waals surface area contributed by atoms with Gasteiger partial charge in [0.25, 0.3) is 0 Å². The second kappa shape index (κ2) is 4.08. The SMILES string of the molecule is NCc1ccc(CNO)cc1. The summed E-state index contributed by atoms with van der Waals surface area (Å²) in [6, 6.07) is 7.77. The van der Waals surface area contributed by atoms with E-state index >= 15 is 0 Å². The lowest BCUT2D eigenvalue weighted by atomic mass is 10.1. The second-order valence-electron chi connectivity index (χ2n) is 2.36. The van der Waals surface area contributed by atoms with Crippen molar-refractivity contribution >= 4 is 0 Å². The van der Waals surface area contributed by atoms with Gasteiger partial charge < -0.3 is 10.9 Å². The average Bonchev–Trinajstić information content (AvgIpc) is 2.07. The molecule has 0 aliphatic rings. The molecule has 0 bridgehead atoms. The molecule has 0 aliphatic heterocycles. The summed E-state index contributed by atoms with van der Waals surface area (Å²) in [6.07, 6.45) is 0. The molecule has 3 heteroatoms. The molecular weight excluding hydrogens is 140 g/mol. The van der Waals surface area contributed by atoms with Crippen LogP contribution in [0.3, 0.4) is 0 Å². The number of hydrogen-bond acceptors (Lipinski definition) is 3. The summed E-state index contributed by atoms with van der Waals surface area (Å²) in [6.45, 7) is 1.04. The monoisotopic (exact) mass is 152 g/mol. The van der Waals surface area contributed by atoms with Gasteiger partial charge in [-0.3, -0.25) is 0 Å². The van der Waals surface area contributed by atoms with Crippen LogP contribution in [0, 0.1) is 0 Å². The Balaban J connectivity index is 2.66. The van der Waals surface area contributed by atoms with E-state index in [9.17, 15) is 0 Å². The van der Waals surface area contributed by atoms with Crippen molar-refractivity contribution in [3.8, 4) is 0 Å². The molecule has 0 saturated carbocycles. The summed E-state index contributed by atoms with van der Waals surface area (Å²) in [5, 5.41) is 8.37. The molecule has 1 rings (SSSR count). The summed E-state index contributed by atoms with van der Waals surface area (Å²) in [4.78, 5) is 0. The number of rotatable bonds is 3. The van der Waals surface area contributed by atoms with E-state index in [1.54, 1.807) is 0 Å². The van der Waals surface area contributed by atoms with Crippen molar-refractivity contribution in [3.05, 3.63) is 35.4 Å². The van der Waals surface area contributed by atoms with E-state index in [-0.39, 0.29) is 0 Å². The molecule has 11 heavy (non-hydrogen) atoms. The Morgan fingerprint density at radius 3 is 2.18 bits per heavy atom. The van der Waals surface area contributed by atoms with Crippen molar-refractivity contribution in [1.29, 1.82) is 0 Å². The van der Waals surface area contributed by atoms with Crippen LogP contribution >= 0.6 is 0 Å². The van der Waals surface area contributed by atoms with Crippen LogP contribution in [0.15, 0.2) is 24.3 Å². The van der Waals surface area contributed by atoms with Crippen LogP contribution in [0.1, 0.15) is 11.1 Å². The van der Waals surface area contributed by atoms with E-state index in [4.69, 9.17) is 10.9 Å². The molecule has 0 atom stereocenters. The van der Waals surface area contributed by atoms with E-state index in [0.29, 0.717) is 13.1 Å². The van der Waals surface area contributed by atoms with Crippen LogP contribution in [0.2, 0.25) is 0 Å². The fraction of sp³-hybridized carbons (Fsp3) is 0.250. The fourth-order valence-electron chi connectivity index (χ4n) is 0.884. The molecule has 4 N–H and O–H groups in total. The van der Waals surface area contributed by atoms with Gasteiger partial charge in [-0.2, -0.15) is 0 Å². The van der Waals surface area contributed by atoms with E-state index < -0.39 is 0 Å². The highest BCUT2D eigenvalue weighted by Gasteiger charge is 1.90. The molecule has 1 aromatic rings. The van der Waals surface area contributed by atoms with Crippen LogP contribution in [-0.4, -0.2) is 5.21 Å². The predicted molar refractivity (Wildman–Crippen MR) is 43.0 cm³/mol. The molecule has 0 aliphatic carbocycles. The average molecular weight is 152 g/mol. The van der Waals surface area contributed by atoms with Gasteiger partial charge in [-0.05, 0) is 11.1 Å². The third kappa shape index (κ3) is 2.31. The quantitative estimate of drug-likeness (QED) is 0.556. The first-order valence-corrected chi connectivity index (χ1v) is 3.51. The fourth-order valence-corrected chi connectivity index (χ4v) is 0.884. The Morgan fingerprint density at radius 1 is 1.18 bits per heavy atom. The molecular formula is C8H12N2O. The molecule has 0 amide bonds. The minimum atomic E-state index is 0.477. The van der Waals surface area contributed by atoms with Gasteiger partial charge in [0.2, 0.25) is 0 Å². The van der Waals surface area contributed by atoms with Crippen LogP contribution in [-0.2, 0) is 13.1 Å². The Bertz CT molecular complexity index is 208. The standard InChI is InChI=1S/C8H12N2O/c9-5-7-1-3-8(4-2-7)6-10-11/h1-4,10-11H,5-6,9H2. The Morgan fingerprint density at radius 2 is 1.73 bits per heavy atom. The largest absolute Gasteiger partial charge is 0.326 e. The topological polar surface area (TPSA) is 58.3 Å². The lowest BCUT2D eigenvalue weighted by Gasteiger charge is -1.99. The number of hydrogen-bond donors (Lipinski definition) is 3. The van der Waals surface area contributed by atoms with Gasteiger partial charge in [0.1, 0.15) is 0 Å². The summed E-state index contributed by atoms with van der Waals surface area (Å²) in [5.41, 5.74) is 9.65. The molecule has 0 saturated heterocycles. The van der Waals surface area contributed by atoms with E-state index in [1.165, 1.54) is 0 Å². The molecule has 0 heterocycles. The smallest absolute Gasteiger partial charge is 0.0458 e. The van der Waals surface area contributed by atoms with Gasteiger partial charge in [-0.15, -0.1) is 0 Å². The lowest BCUT2D eigenvalue weighted by Crippen LogP contribution is -2.06. The molecule has 0 radical (unpaired) electrons. The van der Waals surface area contributed by atoms with Crippen molar-refractivity contribution in [1.82, 2.24) is 5.48 Å². The zero-order valence-corrected chi connectivity index (χ0v) is 6.25. The summed E-state index contributed by atoms with van der Waals surface area (Å²) >= 11 is 0. The van der Waals surface area contributed by atoms with Crippen LogP contribution < -0.4 is 11.2 Å². The molecule has 1 aromatic carbocycles. The summed E-state index contributed by atoms with van der Waals surface area (Å²) in [5.74, 6) is 0. The maximum Gasteiger partial charge on any atom is 0.0458 e. The predicted octanol–water partition coefficient (Wildman–Crippen LogP) is 0.624. The zero-order valence-electron chi connectivity index (χ0n) is 6.25. The molecule has 0 unspecified atom stereocenters. The normalized spacial score (nSPS) is 10.0. The van der Waals surface area contributed by atoms with Crippen molar-refractivity contribution in [3.63, 3.8) is 0 Å². The molecule has 60 valence electrons. The molecule has 0 aromatic heterocycles. The highest BCUT2D eigenvalue weighted by molar-refractivity contribution is 5.21. The number of nitrogens with one attached hydrogen (secondary N) is 1. The van der Waals surface area contributed by atoms with E-state index in [1.807, 2.05) is 24.3 Å².